The first kappa shape index (κ1) is 17.3. The fourth-order valence-electron chi connectivity index (χ4n) is 3.67. The van der Waals surface area contributed by atoms with Crippen LogP contribution in [0.3, 0.4) is 0 Å². The minimum absolute atomic E-state index is 1.01. The van der Waals surface area contributed by atoms with Gasteiger partial charge in [0.25, 0.3) is 6.33 Å². The molecule has 0 spiro atoms. The van der Waals surface area contributed by atoms with Crippen LogP contribution in [-0.2, 0) is 7.05 Å². The zero-order chi connectivity index (χ0) is 19.1. The summed E-state index contributed by atoms with van der Waals surface area (Å²) in [5.74, 6) is 0. The molecule has 0 N–H and O–H groups in total. The molecule has 0 fully saturated rings. The molecule has 4 rings (SSSR count). The zero-order valence-corrected chi connectivity index (χ0v) is 16.5. The molecule has 0 atom stereocenters. The Kier molecular flexibility index (Phi) is 4.23. The summed E-state index contributed by atoms with van der Waals surface area (Å²) < 4.78 is 2.13. The van der Waals surface area contributed by atoms with Gasteiger partial charge in [-0.25, -0.2) is 4.57 Å². The topological polar surface area (TPSA) is 29.7 Å². The summed E-state index contributed by atoms with van der Waals surface area (Å²) in [5, 5.41) is 1.16. The summed E-state index contributed by atoms with van der Waals surface area (Å²) in [6, 6.07) is 15.2. The quantitative estimate of drug-likeness (QED) is 0.473. The molecule has 0 amide bonds. The van der Waals surface area contributed by atoms with Crippen molar-refractivity contribution in [2.75, 3.05) is 0 Å². The second kappa shape index (κ2) is 6.58. The molecule has 3 heteroatoms. The van der Waals surface area contributed by atoms with Gasteiger partial charge < -0.3 is 0 Å². The standard InChI is InChI=1S/C24H24N3/c1-15-10-16(2)18(4)21(11-15)24-22-12-19(20-7-6-17(3)25-13-20)8-9-23(22)26-14-27(24)5/h6-14H,1-5H3/q+1. The van der Waals surface area contributed by atoms with Crippen LogP contribution in [0.2, 0.25) is 0 Å². The molecule has 134 valence electrons. The molecular weight excluding hydrogens is 330 g/mol. The molecule has 0 aliphatic carbocycles. The SMILES string of the molecule is Cc1cc(C)c(C)c(-c2c3cc(-c4ccc(C)nc4)ccc3nc[n+]2C)c1. The van der Waals surface area contributed by atoms with E-state index in [4.69, 9.17) is 0 Å². The number of hydrogen-bond donors (Lipinski definition) is 0. The average Bonchev–Trinajstić information content (AvgIpc) is 2.65. The fraction of sp³-hybridized carbons (Fsp3) is 0.208. The first-order chi connectivity index (χ1) is 12.9. The van der Waals surface area contributed by atoms with Crippen LogP contribution >= 0.6 is 0 Å². The molecule has 27 heavy (non-hydrogen) atoms. The van der Waals surface area contributed by atoms with Crippen molar-refractivity contribution in [3.05, 3.63) is 77.4 Å². The number of pyridine rings is 1. The van der Waals surface area contributed by atoms with Crippen molar-refractivity contribution in [1.29, 1.82) is 0 Å². The van der Waals surface area contributed by atoms with Crippen molar-refractivity contribution in [3.8, 4) is 22.4 Å². The number of aryl methyl sites for hydroxylation is 4. The van der Waals surface area contributed by atoms with Gasteiger partial charge >= 0.3 is 0 Å². The molecule has 2 aromatic heterocycles. The molecule has 0 unspecified atom stereocenters. The Hall–Kier alpha value is -3.07. The lowest BCUT2D eigenvalue weighted by atomic mass is 9.94. The molecular formula is C24H24N3+. The Bertz CT molecular complexity index is 1160. The molecule has 0 bridgehead atoms. The van der Waals surface area contributed by atoms with Gasteiger partial charge in [0.05, 0.1) is 12.4 Å². The summed E-state index contributed by atoms with van der Waals surface area (Å²) in [6.45, 7) is 8.54. The normalized spacial score (nSPS) is 11.1. The van der Waals surface area contributed by atoms with Gasteiger partial charge in [0.2, 0.25) is 0 Å². The highest BCUT2D eigenvalue weighted by Gasteiger charge is 2.18. The first-order valence-corrected chi connectivity index (χ1v) is 9.23. The number of hydrogen-bond acceptors (Lipinski definition) is 2. The van der Waals surface area contributed by atoms with Crippen LogP contribution in [0.4, 0.5) is 0 Å². The van der Waals surface area contributed by atoms with Crippen molar-refractivity contribution >= 4 is 10.9 Å². The van der Waals surface area contributed by atoms with Crippen LogP contribution in [-0.4, -0.2) is 9.97 Å². The van der Waals surface area contributed by atoms with Gasteiger partial charge in [-0.1, -0.05) is 17.7 Å². The van der Waals surface area contributed by atoms with E-state index < -0.39 is 0 Å². The van der Waals surface area contributed by atoms with Crippen LogP contribution in [0.25, 0.3) is 33.3 Å². The molecule has 4 aromatic rings. The minimum Gasteiger partial charge on any atom is -0.261 e. The molecule has 0 saturated heterocycles. The van der Waals surface area contributed by atoms with Crippen LogP contribution in [0, 0.1) is 27.7 Å². The third kappa shape index (κ3) is 3.10. The van der Waals surface area contributed by atoms with E-state index in [9.17, 15) is 0 Å². The summed E-state index contributed by atoms with van der Waals surface area (Å²) in [5.41, 5.74) is 10.7. The van der Waals surface area contributed by atoms with Gasteiger partial charge in [0.1, 0.15) is 5.69 Å². The molecule has 0 radical (unpaired) electrons. The molecule has 0 aliphatic heterocycles. The minimum atomic E-state index is 1.01. The second-order valence-electron chi connectivity index (χ2n) is 7.38. The van der Waals surface area contributed by atoms with Crippen molar-refractivity contribution in [3.63, 3.8) is 0 Å². The molecule has 3 nitrogen and oxygen atoms in total. The Morgan fingerprint density at radius 2 is 1.59 bits per heavy atom. The van der Waals surface area contributed by atoms with Crippen LogP contribution < -0.4 is 4.57 Å². The third-order valence-corrected chi connectivity index (χ3v) is 5.29. The number of benzene rings is 2. The van der Waals surface area contributed by atoms with Gasteiger partial charge in [0, 0.05) is 23.0 Å². The van der Waals surface area contributed by atoms with E-state index in [-0.39, 0.29) is 0 Å². The Morgan fingerprint density at radius 1 is 0.815 bits per heavy atom. The Balaban J connectivity index is 2.02. The van der Waals surface area contributed by atoms with Gasteiger partial charge in [-0.15, -0.1) is 0 Å². The van der Waals surface area contributed by atoms with Crippen LogP contribution in [0.5, 0.6) is 0 Å². The number of nitrogens with zero attached hydrogens (tertiary/aromatic N) is 3. The van der Waals surface area contributed by atoms with Crippen molar-refractivity contribution in [2.45, 2.75) is 27.7 Å². The summed E-state index contributed by atoms with van der Waals surface area (Å²) in [4.78, 5) is 9.09. The maximum atomic E-state index is 4.64. The highest BCUT2D eigenvalue weighted by molar-refractivity contribution is 5.94. The number of rotatable bonds is 2. The van der Waals surface area contributed by atoms with E-state index in [1.165, 1.54) is 27.9 Å². The smallest absolute Gasteiger partial charge is 0.261 e. The largest absolute Gasteiger partial charge is 0.287 e. The van der Waals surface area contributed by atoms with E-state index in [2.05, 4.69) is 84.8 Å². The van der Waals surface area contributed by atoms with E-state index in [1.54, 1.807) is 0 Å². The zero-order valence-electron chi connectivity index (χ0n) is 16.5. The predicted molar refractivity (Wildman–Crippen MR) is 111 cm³/mol. The van der Waals surface area contributed by atoms with E-state index in [1.807, 2.05) is 19.4 Å². The first-order valence-electron chi connectivity index (χ1n) is 9.23. The van der Waals surface area contributed by atoms with E-state index in [0.717, 1.165) is 27.7 Å². The molecule has 2 aromatic carbocycles. The maximum absolute atomic E-state index is 4.64. The van der Waals surface area contributed by atoms with Crippen molar-refractivity contribution in [1.82, 2.24) is 9.97 Å². The predicted octanol–water partition coefficient (Wildman–Crippen LogP) is 5.02. The number of fused-ring (bicyclic) bond motifs is 1. The fourth-order valence-corrected chi connectivity index (χ4v) is 3.67. The average molecular weight is 354 g/mol. The van der Waals surface area contributed by atoms with Crippen molar-refractivity contribution in [2.24, 2.45) is 7.05 Å². The molecule has 2 heterocycles. The van der Waals surface area contributed by atoms with Crippen LogP contribution in [0.1, 0.15) is 22.4 Å². The monoisotopic (exact) mass is 354 g/mol. The number of aromatic nitrogens is 3. The molecule has 0 aliphatic rings. The highest BCUT2D eigenvalue weighted by atomic mass is 15.0. The van der Waals surface area contributed by atoms with E-state index in [0.29, 0.717) is 0 Å². The van der Waals surface area contributed by atoms with Gasteiger partial charge in [-0.2, -0.15) is 0 Å². The summed E-state index contributed by atoms with van der Waals surface area (Å²) in [6.07, 6.45) is 3.84. The van der Waals surface area contributed by atoms with E-state index >= 15 is 0 Å². The second-order valence-corrected chi connectivity index (χ2v) is 7.38. The summed E-state index contributed by atoms with van der Waals surface area (Å²) in [7, 11) is 2.07. The summed E-state index contributed by atoms with van der Waals surface area (Å²) >= 11 is 0. The Labute approximate surface area is 160 Å². The lowest BCUT2D eigenvalue weighted by Gasteiger charge is -2.13. The third-order valence-electron chi connectivity index (χ3n) is 5.29. The Morgan fingerprint density at radius 3 is 2.33 bits per heavy atom. The van der Waals surface area contributed by atoms with Gasteiger partial charge in [-0.05, 0) is 79.7 Å². The van der Waals surface area contributed by atoms with Crippen LogP contribution in [0.15, 0.2) is 55.0 Å². The maximum Gasteiger partial charge on any atom is 0.287 e. The molecule has 0 saturated carbocycles. The lowest BCUT2D eigenvalue weighted by Crippen LogP contribution is -2.32. The lowest BCUT2D eigenvalue weighted by molar-refractivity contribution is -0.662. The van der Waals surface area contributed by atoms with Gasteiger partial charge in [0.15, 0.2) is 5.52 Å². The van der Waals surface area contributed by atoms with Gasteiger partial charge in [-0.3, -0.25) is 4.98 Å². The highest BCUT2D eigenvalue weighted by Crippen LogP contribution is 2.32. The van der Waals surface area contributed by atoms with Crippen molar-refractivity contribution < 1.29 is 4.57 Å².